The monoisotopic (exact) mass is 376 g/mol. The molecule has 1 saturated heterocycles. The van der Waals surface area contributed by atoms with Crippen LogP contribution in [0.25, 0.3) is 11.3 Å². The minimum Gasteiger partial charge on any atom is -0.373 e. The van der Waals surface area contributed by atoms with Crippen LogP contribution in [-0.4, -0.2) is 65.3 Å². The first-order valence-corrected chi connectivity index (χ1v) is 9.36. The summed E-state index contributed by atoms with van der Waals surface area (Å²) in [7, 11) is 3.98. The van der Waals surface area contributed by atoms with Gasteiger partial charge in [-0.15, -0.1) is 10.2 Å². The van der Waals surface area contributed by atoms with Gasteiger partial charge in [-0.25, -0.2) is 9.97 Å². The number of nitrogens with zero attached hydrogens (tertiary/aromatic N) is 6. The van der Waals surface area contributed by atoms with Gasteiger partial charge in [0.05, 0.1) is 5.69 Å². The van der Waals surface area contributed by atoms with Crippen LogP contribution >= 0.6 is 0 Å². The standard InChI is InChI=1S/C20H24N8/c1-21-18-13-19(23-14-22-18)24-16-5-3-4-15(12-16)17-6-7-20(26-25-17)28-10-8-27(2)9-11-28/h3-7,12-14H,8-11H2,1-2H3,(H2,21,22,23,24). The Morgan fingerprint density at radius 3 is 2.46 bits per heavy atom. The van der Waals surface area contributed by atoms with E-state index in [-0.39, 0.29) is 0 Å². The second-order valence-corrected chi connectivity index (χ2v) is 6.81. The number of likely N-dealkylation sites (N-methyl/N-ethyl adjacent to an activating group) is 1. The van der Waals surface area contributed by atoms with Gasteiger partial charge in [-0.2, -0.15) is 0 Å². The molecule has 28 heavy (non-hydrogen) atoms. The van der Waals surface area contributed by atoms with E-state index in [9.17, 15) is 0 Å². The van der Waals surface area contributed by atoms with Gasteiger partial charge in [-0.3, -0.25) is 0 Å². The van der Waals surface area contributed by atoms with Crippen LogP contribution in [0.1, 0.15) is 0 Å². The molecule has 3 heterocycles. The molecule has 2 aromatic heterocycles. The number of hydrogen-bond donors (Lipinski definition) is 2. The van der Waals surface area contributed by atoms with E-state index in [0.29, 0.717) is 0 Å². The predicted octanol–water partition coefficient (Wildman–Crippen LogP) is 2.47. The number of nitrogens with one attached hydrogen (secondary N) is 2. The molecule has 0 saturated carbocycles. The highest BCUT2D eigenvalue weighted by Crippen LogP contribution is 2.24. The van der Waals surface area contributed by atoms with Crippen molar-refractivity contribution in [2.75, 3.05) is 55.8 Å². The summed E-state index contributed by atoms with van der Waals surface area (Å²) in [4.78, 5) is 13.0. The molecular weight excluding hydrogens is 352 g/mol. The SMILES string of the molecule is CNc1cc(Nc2cccc(-c3ccc(N4CCN(C)CC4)nn3)c2)ncn1. The van der Waals surface area contributed by atoms with Crippen LogP contribution < -0.4 is 15.5 Å². The van der Waals surface area contributed by atoms with Gasteiger partial charge in [-0.1, -0.05) is 12.1 Å². The Morgan fingerprint density at radius 1 is 0.893 bits per heavy atom. The number of hydrogen-bond acceptors (Lipinski definition) is 8. The van der Waals surface area contributed by atoms with Crippen LogP contribution in [-0.2, 0) is 0 Å². The van der Waals surface area contributed by atoms with Gasteiger partial charge >= 0.3 is 0 Å². The number of piperazine rings is 1. The molecule has 1 aliphatic rings. The summed E-state index contributed by atoms with van der Waals surface area (Å²) in [6.07, 6.45) is 1.53. The highest BCUT2D eigenvalue weighted by atomic mass is 15.3. The van der Waals surface area contributed by atoms with Crippen molar-refractivity contribution in [3.05, 3.63) is 48.8 Å². The molecule has 4 rings (SSSR count). The minimum atomic E-state index is 0.730. The van der Waals surface area contributed by atoms with Gasteiger partial charge in [0.25, 0.3) is 0 Å². The van der Waals surface area contributed by atoms with Crippen LogP contribution in [0.3, 0.4) is 0 Å². The van der Waals surface area contributed by atoms with Crippen molar-refractivity contribution in [1.29, 1.82) is 0 Å². The first-order chi connectivity index (χ1) is 13.7. The summed E-state index contributed by atoms with van der Waals surface area (Å²) in [5, 5.41) is 15.2. The third-order valence-corrected chi connectivity index (χ3v) is 4.83. The molecule has 144 valence electrons. The van der Waals surface area contributed by atoms with E-state index in [1.54, 1.807) is 0 Å². The van der Waals surface area contributed by atoms with E-state index in [4.69, 9.17) is 0 Å². The van der Waals surface area contributed by atoms with Crippen LogP contribution in [0.5, 0.6) is 0 Å². The summed E-state index contributed by atoms with van der Waals surface area (Å²) >= 11 is 0. The fraction of sp³-hybridized carbons (Fsp3) is 0.300. The molecule has 0 bridgehead atoms. The van der Waals surface area contributed by atoms with Crippen molar-refractivity contribution in [1.82, 2.24) is 25.1 Å². The van der Waals surface area contributed by atoms with E-state index in [2.05, 4.69) is 53.7 Å². The lowest BCUT2D eigenvalue weighted by atomic mass is 10.1. The second-order valence-electron chi connectivity index (χ2n) is 6.81. The fourth-order valence-electron chi connectivity index (χ4n) is 3.15. The number of benzene rings is 1. The van der Waals surface area contributed by atoms with Gasteiger partial charge < -0.3 is 20.4 Å². The first kappa shape index (κ1) is 18.1. The molecule has 3 aromatic rings. The molecule has 0 spiro atoms. The van der Waals surface area contributed by atoms with E-state index in [1.165, 1.54) is 6.33 Å². The van der Waals surface area contributed by atoms with Crippen molar-refractivity contribution < 1.29 is 0 Å². The molecule has 0 radical (unpaired) electrons. The second kappa shape index (κ2) is 8.18. The zero-order chi connectivity index (χ0) is 19.3. The molecule has 1 fully saturated rings. The topological polar surface area (TPSA) is 82.1 Å². The van der Waals surface area contributed by atoms with Gasteiger partial charge in [-0.05, 0) is 31.3 Å². The zero-order valence-electron chi connectivity index (χ0n) is 16.1. The number of rotatable bonds is 5. The molecule has 1 aromatic carbocycles. The third kappa shape index (κ3) is 4.17. The summed E-state index contributed by atoms with van der Waals surface area (Å²) in [6, 6.07) is 14.0. The summed E-state index contributed by atoms with van der Waals surface area (Å²) in [5.74, 6) is 2.43. The average molecular weight is 376 g/mol. The molecule has 0 atom stereocenters. The van der Waals surface area contributed by atoms with Crippen LogP contribution in [0, 0.1) is 0 Å². The Hall–Kier alpha value is -3.26. The van der Waals surface area contributed by atoms with Gasteiger partial charge in [0.1, 0.15) is 18.0 Å². The van der Waals surface area contributed by atoms with E-state index >= 15 is 0 Å². The highest BCUT2D eigenvalue weighted by molar-refractivity contribution is 5.68. The predicted molar refractivity (Wildman–Crippen MR) is 112 cm³/mol. The van der Waals surface area contributed by atoms with Gasteiger partial charge in [0, 0.05) is 50.5 Å². The summed E-state index contributed by atoms with van der Waals surface area (Å²) in [5.41, 5.74) is 2.79. The lowest BCUT2D eigenvalue weighted by Gasteiger charge is -2.32. The Balaban J connectivity index is 1.49. The Bertz CT molecular complexity index is 919. The number of anilines is 4. The molecule has 0 amide bonds. The van der Waals surface area contributed by atoms with Crippen molar-refractivity contribution in [3.63, 3.8) is 0 Å². The number of aromatic nitrogens is 4. The van der Waals surface area contributed by atoms with Crippen LogP contribution in [0.2, 0.25) is 0 Å². The van der Waals surface area contributed by atoms with Crippen LogP contribution in [0.4, 0.5) is 23.1 Å². The van der Waals surface area contributed by atoms with E-state index in [0.717, 1.165) is 60.6 Å². The maximum Gasteiger partial charge on any atom is 0.151 e. The van der Waals surface area contributed by atoms with Gasteiger partial charge in [0.15, 0.2) is 5.82 Å². The van der Waals surface area contributed by atoms with E-state index < -0.39 is 0 Å². The van der Waals surface area contributed by atoms with Crippen molar-refractivity contribution >= 4 is 23.1 Å². The lowest BCUT2D eigenvalue weighted by Crippen LogP contribution is -2.44. The lowest BCUT2D eigenvalue weighted by molar-refractivity contribution is 0.312. The van der Waals surface area contributed by atoms with Gasteiger partial charge in [0.2, 0.25) is 0 Å². The summed E-state index contributed by atoms with van der Waals surface area (Å²) in [6.45, 7) is 4.07. The van der Waals surface area contributed by atoms with Crippen molar-refractivity contribution in [2.24, 2.45) is 0 Å². The summed E-state index contributed by atoms with van der Waals surface area (Å²) < 4.78 is 0. The maximum atomic E-state index is 4.45. The normalized spacial score (nSPS) is 14.7. The van der Waals surface area contributed by atoms with Crippen LogP contribution in [0.15, 0.2) is 48.8 Å². The molecule has 1 aliphatic heterocycles. The molecular formula is C20H24N8. The quantitative estimate of drug-likeness (QED) is 0.703. The Morgan fingerprint density at radius 2 is 1.71 bits per heavy atom. The Labute approximate surface area is 164 Å². The first-order valence-electron chi connectivity index (χ1n) is 9.36. The average Bonchev–Trinajstić information content (AvgIpc) is 2.75. The molecule has 8 heteroatoms. The molecule has 2 N–H and O–H groups in total. The van der Waals surface area contributed by atoms with E-state index in [1.807, 2.05) is 43.4 Å². The highest BCUT2D eigenvalue weighted by Gasteiger charge is 2.15. The third-order valence-electron chi connectivity index (χ3n) is 4.83. The Kier molecular flexibility index (Phi) is 5.29. The van der Waals surface area contributed by atoms with Crippen molar-refractivity contribution in [2.45, 2.75) is 0 Å². The smallest absolute Gasteiger partial charge is 0.151 e. The molecule has 8 nitrogen and oxygen atoms in total. The molecule has 0 aliphatic carbocycles. The molecule has 0 unspecified atom stereocenters. The fourth-order valence-corrected chi connectivity index (χ4v) is 3.15. The minimum absolute atomic E-state index is 0.730. The zero-order valence-corrected chi connectivity index (χ0v) is 16.1. The largest absolute Gasteiger partial charge is 0.373 e. The maximum absolute atomic E-state index is 4.45. The van der Waals surface area contributed by atoms with Crippen molar-refractivity contribution in [3.8, 4) is 11.3 Å².